The highest BCUT2D eigenvalue weighted by atomic mass is 32.2. The Morgan fingerprint density at radius 2 is 1.60 bits per heavy atom. The van der Waals surface area contributed by atoms with Crippen LogP contribution in [0.3, 0.4) is 0 Å². The van der Waals surface area contributed by atoms with Crippen LogP contribution in [0.2, 0.25) is 0 Å². The van der Waals surface area contributed by atoms with Gasteiger partial charge in [-0.15, -0.1) is 0 Å². The molecular formula is C32H29N3O4S. The number of hydrogen-bond acceptors (Lipinski definition) is 7. The second kappa shape index (κ2) is 13.0. The van der Waals surface area contributed by atoms with E-state index in [2.05, 4.69) is 16.7 Å². The summed E-state index contributed by atoms with van der Waals surface area (Å²) in [5.74, 6) is -1.36. The van der Waals surface area contributed by atoms with Gasteiger partial charge < -0.3 is 15.4 Å². The van der Waals surface area contributed by atoms with Crippen molar-refractivity contribution in [2.75, 3.05) is 17.7 Å². The lowest BCUT2D eigenvalue weighted by Crippen LogP contribution is -2.31. The molecule has 3 aromatic rings. The molecule has 4 rings (SSSR count). The van der Waals surface area contributed by atoms with Gasteiger partial charge in [-0.25, -0.2) is 4.79 Å². The number of benzene rings is 3. The lowest BCUT2D eigenvalue weighted by Gasteiger charge is -2.30. The summed E-state index contributed by atoms with van der Waals surface area (Å²) in [4.78, 5) is 38.5. The van der Waals surface area contributed by atoms with Crippen molar-refractivity contribution in [1.82, 2.24) is 5.32 Å². The van der Waals surface area contributed by atoms with Crippen molar-refractivity contribution in [2.24, 2.45) is 0 Å². The zero-order chi connectivity index (χ0) is 28.6. The molecule has 0 bridgehead atoms. The fraction of sp³-hybridized carbons (Fsp3) is 0.188. The van der Waals surface area contributed by atoms with Gasteiger partial charge in [-0.1, -0.05) is 71.9 Å². The van der Waals surface area contributed by atoms with Crippen LogP contribution in [-0.4, -0.2) is 30.0 Å². The van der Waals surface area contributed by atoms with E-state index in [0.29, 0.717) is 38.7 Å². The summed E-state index contributed by atoms with van der Waals surface area (Å²) in [7, 11) is 0. The van der Waals surface area contributed by atoms with Crippen LogP contribution >= 0.6 is 11.8 Å². The lowest BCUT2D eigenvalue weighted by molar-refractivity contribution is -0.113. The van der Waals surface area contributed by atoms with Crippen molar-refractivity contribution >= 4 is 35.1 Å². The summed E-state index contributed by atoms with van der Waals surface area (Å²) in [6, 6.07) is 25.5. The Morgan fingerprint density at radius 3 is 2.23 bits per heavy atom. The van der Waals surface area contributed by atoms with Crippen LogP contribution in [0.1, 0.15) is 51.6 Å². The number of anilines is 1. The predicted molar refractivity (Wildman–Crippen MR) is 157 cm³/mol. The average molecular weight is 552 g/mol. The number of nitriles is 1. The second-order valence-corrected chi connectivity index (χ2v) is 10.2. The molecule has 0 fully saturated rings. The number of carbonyl (C=O) groups is 3. The van der Waals surface area contributed by atoms with Gasteiger partial charge in [0.2, 0.25) is 0 Å². The minimum atomic E-state index is -0.636. The minimum absolute atomic E-state index is 0.0516. The molecule has 0 aromatic heterocycles. The zero-order valence-electron chi connectivity index (χ0n) is 22.5. The third-order valence-corrected chi connectivity index (χ3v) is 7.42. The monoisotopic (exact) mass is 551 g/mol. The molecule has 0 saturated heterocycles. The van der Waals surface area contributed by atoms with Crippen molar-refractivity contribution in [3.8, 4) is 6.07 Å². The number of dihydropyridines is 1. The SMILES string of the molecule is CCOC(=O)c1ccc(NC(=O)C2=C(C)NC(SCC(=O)c3ccc(C)cc3)=C(C#N)[C@H]2c2ccccc2)cc1. The van der Waals surface area contributed by atoms with E-state index in [9.17, 15) is 19.6 Å². The predicted octanol–water partition coefficient (Wildman–Crippen LogP) is 6.12. The van der Waals surface area contributed by atoms with E-state index in [1.807, 2.05) is 49.4 Å². The van der Waals surface area contributed by atoms with Crippen LogP contribution in [0.5, 0.6) is 0 Å². The Bertz CT molecular complexity index is 1520. The number of aryl methyl sites for hydroxylation is 1. The number of amides is 1. The molecule has 8 heteroatoms. The van der Waals surface area contributed by atoms with Gasteiger partial charge >= 0.3 is 5.97 Å². The average Bonchev–Trinajstić information content (AvgIpc) is 2.96. The van der Waals surface area contributed by atoms with Gasteiger partial charge in [-0.2, -0.15) is 5.26 Å². The molecule has 1 atom stereocenters. The maximum absolute atomic E-state index is 13.6. The quantitative estimate of drug-likeness (QED) is 0.244. The number of carbonyl (C=O) groups excluding carboxylic acids is 3. The van der Waals surface area contributed by atoms with Crippen LogP contribution in [0.4, 0.5) is 5.69 Å². The molecule has 7 nitrogen and oxygen atoms in total. The molecule has 202 valence electrons. The van der Waals surface area contributed by atoms with E-state index in [-0.39, 0.29) is 24.1 Å². The summed E-state index contributed by atoms with van der Waals surface area (Å²) in [5, 5.41) is 16.9. The van der Waals surface area contributed by atoms with Crippen molar-refractivity contribution < 1.29 is 19.1 Å². The standard InChI is InChI=1S/C32H29N3O4S/c1-4-39-32(38)24-14-16-25(17-15-24)35-30(37)28-21(3)34-31(26(18-33)29(28)23-8-6-5-7-9-23)40-19-27(36)22-12-10-20(2)11-13-22/h5-17,29,34H,4,19H2,1-3H3,(H,35,37)/t29-/m1/s1. The summed E-state index contributed by atoms with van der Waals surface area (Å²) >= 11 is 1.25. The molecule has 1 aliphatic rings. The number of nitrogens with one attached hydrogen (secondary N) is 2. The van der Waals surface area contributed by atoms with Crippen LogP contribution in [0.25, 0.3) is 0 Å². The van der Waals surface area contributed by atoms with Crippen LogP contribution in [0.15, 0.2) is 101 Å². The number of allylic oxidation sites excluding steroid dienone is 2. The number of Topliss-reactive ketones (excluding diaryl/α,β-unsaturated/α-hetero) is 1. The summed E-state index contributed by atoms with van der Waals surface area (Å²) in [6.07, 6.45) is 0. The third kappa shape index (κ3) is 6.50. The maximum Gasteiger partial charge on any atom is 0.338 e. The maximum atomic E-state index is 13.6. The molecule has 0 spiro atoms. The number of ketones is 1. The molecule has 40 heavy (non-hydrogen) atoms. The van der Waals surface area contributed by atoms with Gasteiger partial charge in [-0.3, -0.25) is 9.59 Å². The van der Waals surface area contributed by atoms with Crippen LogP contribution < -0.4 is 10.6 Å². The van der Waals surface area contributed by atoms with Crippen LogP contribution in [0, 0.1) is 18.3 Å². The van der Waals surface area contributed by atoms with Crippen molar-refractivity contribution in [3.63, 3.8) is 0 Å². The highest BCUT2D eigenvalue weighted by Crippen LogP contribution is 2.41. The topological polar surface area (TPSA) is 108 Å². The fourth-order valence-electron chi connectivity index (χ4n) is 4.37. The summed E-state index contributed by atoms with van der Waals surface area (Å²) in [6.45, 7) is 5.75. The number of hydrogen-bond donors (Lipinski definition) is 2. The van der Waals surface area contributed by atoms with E-state index >= 15 is 0 Å². The number of rotatable bonds is 9. The molecule has 0 saturated carbocycles. The van der Waals surface area contributed by atoms with Crippen molar-refractivity contribution in [1.29, 1.82) is 5.26 Å². The van der Waals surface area contributed by atoms with Gasteiger partial charge in [0, 0.05) is 22.5 Å². The number of ether oxygens (including phenoxy) is 1. The first-order chi connectivity index (χ1) is 19.3. The molecule has 3 aromatic carbocycles. The Hall–Kier alpha value is -4.61. The Morgan fingerprint density at radius 1 is 0.950 bits per heavy atom. The Kier molecular flexibility index (Phi) is 9.20. The Balaban J connectivity index is 1.61. The fourth-order valence-corrected chi connectivity index (χ4v) is 5.36. The van der Waals surface area contributed by atoms with Gasteiger partial charge in [0.15, 0.2) is 5.78 Å². The van der Waals surface area contributed by atoms with E-state index in [1.165, 1.54) is 11.8 Å². The highest BCUT2D eigenvalue weighted by molar-refractivity contribution is 8.03. The molecule has 1 aliphatic heterocycles. The van der Waals surface area contributed by atoms with Gasteiger partial charge in [0.1, 0.15) is 0 Å². The summed E-state index contributed by atoms with van der Waals surface area (Å²) in [5.41, 5.74) is 4.68. The number of esters is 1. The van der Waals surface area contributed by atoms with Crippen molar-refractivity contribution in [2.45, 2.75) is 26.7 Å². The largest absolute Gasteiger partial charge is 0.462 e. The number of thioether (sulfide) groups is 1. The molecule has 0 aliphatic carbocycles. The van der Waals surface area contributed by atoms with Crippen LogP contribution in [-0.2, 0) is 9.53 Å². The lowest BCUT2D eigenvalue weighted by atomic mass is 9.82. The molecule has 0 unspecified atom stereocenters. The minimum Gasteiger partial charge on any atom is -0.462 e. The van der Waals surface area contributed by atoms with E-state index < -0.39 is 11.9 Å². The summed E-state index contributed by atoms with van der Waals surface area (Å²) < 4.78 is 5.02. The molecule has 2 N–H and O–H groups in total. The zero-order valence-corrected chi connectivity index (χ0v) is 23.3. The second-order valence-electron chi connectivity index (χ2n) is 9.19. The first kappa shape index (κ1) is 28.4. The molecule has 0 radical (unpaired) electrons. The Labute approximate surface area is 237 Å². The molecule has 1 heterocycles. The van der Waals surface area contributed by atoms with Gasteiger partial charge in [-0.05, 0) is 50.6 Å². The van der Waals surface area contributed by atoms with Gasteiger partial charge in [0.05, 0.1) is 40.5 Å². The van der Waals surface area contributed by atoms with E-state index in [4.69, 9.17) is 4.74 Å². The van der Waals surface area contributed by atoms with Gasteiger partial charge in [0.25, 0.3) is 5.91 Å². The van der Waals surface area contributed by atoms with Crippen molar-refractivity contribution in [3.05, 3.63) is 123 Å². The van der Waals surface area contributed by atoms with E-state index in [1.54, 1.807) is 50.2 Å². The normalized spacial score (nSPS) is 14.7. The third-order valence-electron chi connectivity index (χ3n) is 6.40. The highest BCUT2D eigenvalue weighted by Gasteiger charge is 2.35. The first-order valence-corrected chi connectivity index (χ1v) is 13.8. The smallest absolute Gasteiger partial charge is 0.338 e. The first-order valence-electron chi connectivity index (χ1n) is 12.8. The van der Waals surface area contributed by atoms with E-state index in [0.717, 1.165) is 11.1 Å². The molecule has 1 amide bonds. The number of nitrogens with zero attached hydrogens (tertiary/aromatic N) is 1. The molecular weight excluding hydrogens is 522 g/mol.